The number of hydrogen-bond acceptors (Lipinski definition) is 1. The Labute approximate surface area is 135 Å². The molecule has 1 N–H and O–H groups in total. The number of fused-ring (bicyclic) bond motifs is 1. The second kappa shape index (κ2) is 6.51. The standard InChI is InChI=1S/C18H24BrNO/c19-13-18(11-4-1-5-12-18)20-17(21)16-10-6-8-14-7-2-3-9-15(14)16/h2-3,7,9,16H,1,4-6,8,10-13H2,(H,20,21). The minimum absolute atomic E-state index is 0.0122. The molecule has 0 spiro atoms. The molecule has 114 valence electrons. The molecule has 1 fully saturated rings. The normalized spacial score (nSPS) is 24.1. The molecule has 0 radical (unpaired) electrons. The van der Waals surface area contributed by atoms with E-state index in [-0.39, 0.29) is 17.4 Å². The summed E-state index contributed by atoms with van der Waals surface area (Å²) in [6.45, 7) is 0. The summed E-state index contributed by atoms with van der Waals surface area (Å²) in [5.41, 5.74) is 2.60. The van der Waals surface area contributed by atoms with Gasteiger partial charge in [0.2, 0.25) is 5.91 Å². The molecule has 1 aromatic carbocycles. The lowest BCUT2D eigenvalue weighted by Gasteiger charge is -2.38. The lowest BCUT2D eigenvalue weighted by atomic mass is 9.79. The number of carbonyl (C=O) groups excluding carboxylic acids is 1. The Kier molecular flexibility index (Phi) is 4.68. The number of rotatable bonds is 3. The highest BCUT2D eigenvalue weighted by Crippen LogP contribution is 2.34. The number of amides is 1. The van der Waals surface area contributed by atoms with Crippen LogP contribution in [-0.4, -0.2) is 16.8 Å². The second-order valence-corrected chi connectivity index (χ2v) is 7.17. The van der Waals surface area contributed by atoms with Crippen molar-refractivity contribution in [3.05, 3.63) is 35.4 Å². The van der Waals surface area contributed by atoms with E-state index in [9.17, 15) is 4.79 Å². The van der Waals surface area contributed by atoms with E-state index in [4.69, 9.17) is 0 Å². The Morgan fingerprint density at radius 3 is 2.71 bits per heavy atom. The van der Waals surface area contributed by atoms with Gasteiger partial charge in [-0.2, -0.15) is 0 Å². The van der Waals surface area contributed by atoms with Crippen molar-refractivity contribution in [3.63, 3.8) is 0 Å². The maximum atomic E-state index is 12.9. The first-order chi connectivity index (χ1) is 10.2. The van der Waals surface area contributed by atoms with E-state index in [0.29, 0.717) is 0 Å². The zero-order valence-electron chi connectivity index (χ0n) is 12.5. The first-order valence-corrected chi connectivity index (χ1v) is 9.32. The Hall–Kier alpha value is -0.830. The van der Waals surface area contributed by atoms with Crippen LogP contribution in [0.3, 0.4) is 0 Å². The highest BCUT2D eigenvalue weighted by Gasteiger charge is 2.35. The lowest BCUT2D eigenvalue weighted by Crippen LogP contribution is -2.52. The predicted molar refractivity (Wildman–Crippen MR) is 89.9 cm³/mol. The van der Waals surface area contributed by atoms with Crippen molar-refractivity contribution in [2.45, 2.75) is 62.8 Å². The molecular weight excluding hydrogens is 326 g/mol. The number of benzene rings is 1. The zero-order valence-corrected chi connectivity index (χ0v) is 14.1. The molecule has 0 heterocycles. The molecule has 1 unspecified atom stereocenters. The van der Waals surface area contributed by atoms with Crippen LogP contribution in [-0.2, 0) is 11.2 Å². The minimum Gasteiger partial charge on any atom is -0.349 e. The quantitative estimate of drug-likeness (QED) is 0.808. The van der Waals surface area contributed by atoms with Gasteiger partial charge in [-0.1, -0.05) is 59.5 Å². The summed E-state index contributed by atoms with van der Waals surface area (Å²) in [6, 6.07) is 8.46. The molecule has 2 aliphatic rings. The maximum absolute atomic E-state index is 12.9. The van der Waals surface area contributed by atoms with Crippen molar-refractivity contribution in [2.24, 2.45) is 0 Å². The van der Waals surface area contributed by atoms with Gasteiger partial charge in [-0.15, -0.1) is 0 Å². The molecule has 0 aliphatic heterocycles. The average molecular weight is 350 g/mol. The van der Waals surface area contributed by atoms with E-state index in [0.717, 1.165) is 37.4 Å². The largest absolute Gasteiger partial charge is 0.349 e. The van der Waals surface area contributed by atoms with Crippen LogP contribution < -0.4 is 5.32 Å². The van der Waals surface area contributed by atoms with Crippen LogP contribution in [0, 0.1) is 0 Å². The topological polar surface area (TPSA) is 29.1 Å². The molecule has 3 rings (SSSR count). The maximum Gasteiger partial charge on any atom is 0.228 e. The van der Waals surface area contributed by atoms with Gasteiger partial charge in [0.05, 0.1) is 5.92 Å². The molecule has 2 nitrogen and oxygen atoms in total. The summed E-state index contributed by atoms with van der Waals surface area (Å²) in [4.78, 5) is 12.9. The van der Waals surface area contributed by atoms with Crippen LogP contribution in [0.15, 0.2) is 24.3 Å². The Bertz CT molecular complexity index is 508. The van der Waals surface area contributed by atoms with Gasteiger partial charge in [-0.05, 0) is 43.2 Å². The molecular formula is C18H24BrNO. The van der Waals surface area contributed by atoms with E-state index in [1.807, 2.05) is 0 Å². The van der Waals surface area contributed by atoms with Gasteiger partial charge in [0.1, 0.15) is 0 Å². The fourth-order valence-corrected chi connectivity index (χ4v) is 4.60. The molecule has 0 saturated heterocycles. The number of halogens is 1. The smallest absolute Gasteiger partial charge is 0.228 e. The van der Waals surface area contributed by atoms with Crippen molar-refractivity contribution >= 4 is 21.8 Å². The fourth-order valence-electron chi connectivity index (χ4n) is 3.90. The highest BCUT2D eigenvalue weighted by molar-refractivity contribution is 9.09. The Morgan fingerprint density at radius 1 is 1.19 bits per heavy atom. The molecule has 2 aliphatic carbocycles. The van der Waals surface area contributed by atoms with Gasteiger partial charge in [0.15, 0.2) is 0 Å². The third-order valence-electron chi connectivity index (χ3n) is 5.14. The van der Waals surface area contributed by atoms with Crippen LogP contribution in [0.4, 0.5) is 0 Å². The number of carbonyl (C=O) groups is 1. The van der Waals surface area contributed by atoms with E-state index >= 15 is 0 Å². The van der Waals surface area contributed by atoms with Crippen molar-refractivity contribution in [1.82, 2.24) is 5.32 Å². The molecule has 1 saturated carbocycles. The number of alkyl halides is 1. The summed E-state index contributed by atoms with van der Waals surface area (Å²) in [6.07, 6.45) is 9.20. The van der Waals surface area contributed by atoms with Gasteiger partial charge < -0.3 is 5.32 Å². The molecule has 3 heteroatoms. The van der Waals surface area contributed by atoms with Crippen molar-refractivity contribution < 1.29 is 4.79 Å². The minimum atomic E-state index is -0.0122. The van der Waals surface area contributed by atoms with Gasteiger partial charge >= 0.3 is 0 Å². The van der Waals surface area contributed by atoms with E-state index < -0.39 is 0 Å². The van der Waals surface area contributed by atoms with Crippen LogP contribution in [0.1, 0.15) is 62.0 Å². The first-order valence-electron chi connectivity index (χ1n) is 8.20. The fraction of sp³-hybridized carbons (Fsp3) is 0.611. The summed E-state index contributed by atoms with van der Waals surface area (Å²) in [5, 5.41) is 4.28. The van der Waals surface area contributed by atoms with Crippen molar-refractivity contribution in [3.8, 4) is 0 Å². The van der Waals surface area contributed by atoms with Crippen LogP contribution >= 0.6 is 15.9 Å². The summed E-state index contributed by atoms with van der Waals surface area (Å²) in [5.74, 6) is 0.288. The Balaban J connectivity index is 1.77. The molecule has 1 aromatic rings. The molecule has 0 bridgehead atoms. The van der Waals surface area contributed by atoms with Crippen LogP contribution in [0.25, 0.3) is 0 Å². The van der Waals surface area contributed by atoms with Crippen molar-refractivity contribution in [1.29, 1.82) is 0 Å². The summed E-state index contributed by atoms with van der Waals surface area (Å²) >= 11 is 3.64. The molecule has 21 heavy (non-hydrogen) atoms. The van der Waals surface area contributed by atoms with E-state index in [1.165, 1.54) is 30.4 Å². The zero-order chi connectivity index (χ0) is 14.7. The van der Waals surface area contributed by atoms with Crippen molar-refractivity contribution in [2.75, 3.05) is 5.33 Å². The van der Waals surface area contributed by atoms with Crippen LogP contribution in [0.5, 0.6) is 0 Å². The monoisotopic (exact) mass is 349 g/mol. The number of hydrogen-bond donors (Lipinski definition) is 1. The number of aryl methyl sites for hydroxylation is 1. The second-order valence-electron chi connectivity index (χ2n) is 6.61. The van der Waals surface area contributed by atoms with E-state index in [1.54, 1.807) is 0 Å². The predicted octanol–water partition coefficient (Wildman–Crippen LogP) is 4.32. The number of nitrogens with one attached hydrogen (secondary N) is 1. The van der Waals surface area contributed by atoms with Crippen LogP contribution in [0.2, 0.25) is 0 Å². The van der Waals surface area contributed by atoms with Gasteiger partial charge in [0, 0.05) is 10.9 Å². The Morgan fingerprint density at radius 2 is 1.95 bits per heavy atom. The first kappa shape index (κ1) is 15.1. The van der Waals surface area contributed by atoms with Gasteiger partial charge in [-0.3, -0.25) is 4.79 Å². The summed E-state index contributed by atoms with van der Waals surface area (Å²) in [7, 11) is 0. The van der Waals surface area contributed by atoms with Gasteiger partial charge in [0.25, 0.3) is 0 Å². The van der Waals surface area contributed by atoms with E-state index in [2.05, 4.69) is 45.5 Å². The molecule has 0 aromatic heterocycles. The third kappa shape index (κ3) is 3.18. The summed E-state index contributed by atoms with van der Waals surface area (Å²) < 4.78 is 0. The van der Waals surface area contributed by atoms with Gasteiger partial charge in [-0.25, -0.2) is 0 Å². The average Bonchev–Trinajstić information content (AvgIpc) is 2.55. The molecule has 1 amide bonds. The highest BCUT2D eigenvalue weighted by atomic mass is 79.9. The third-order valence-corrected chi connectivity index (χ3v) is 6.21. The lowest BCUT2D eigenvalue weighted by molar-refractivity contribution is -0.125. The SMILES string of the molecule is O=C(NC1(CBr)CCCCC1)C1CCCc2ccccc21. The molecule has 1 atom stereocenters.